The third-order valence-electron chi connectivity index (χ3n) is 4.82. The van der Waals surface area contributed by atoms with Crippen molar-refractivity contribution in [1.29, 1.82) is 5.26 Å². The third-order valence-corrected chi connectivity index (χ3v) is 4.82. The van der Waals surface area contributed by atoms with E-state index in [2.05, 4.69) is 11.4 Å². The van der Waals surface area contributed by atoms with Gasteiger partial charge < -0.3 is 19.5 Å². The molecule has 3 aromatic rings. The lowest BCUT2D eigenvalue weighted by Gasteiger charge is -2.13. The molecule has 0 bridgehead atoms. The summed E-state index contributed by atoms with van der Waals surface area (Å²) >= 11 is 0. The lowest BCUT2D eigenvalue weighted by atomic mass is 10.0. The van der Waals surface area contributed by atoms with Gasteiger partial charge in [-0.1, -0.05) is 6.07 Å². The Balaban J connectivity index is 1.72. The van der Waals surface area contributed by atoms with Gasteiger partial charge in [0.1, 0.15) is 5.75 Å². The number of carbonyl (C=O) groups excluding carboxylic acids is 1. The summed E-state index contributed by atoms with van der Waals surface area (Å²) in [4.78, 5) is 22.6. The molecule has 0 fully saturated rings. The molecule has 0 aliphatic carbocycles. The first kappa shape index (κ1) is 24.8. The van der Waals surface area contributed by atoms with Gasteiger partial charge >= 0.3 is 0 Å². The van der Waals surface area contributed by atoms with Crippen molar-refractivity contribution < 1.29 is 23.9 Å². The van der Waals surface area contributed by atoms with E-state index in [-0.39, 0.29) is 18.2 Å². The Morgan fingerprint density at radius 1 is 1.06 bits per heavy atom. The summed E-state index contributed by atoms with van der Waals surface area (Å²) < 4.78 is 16.4. The highest BCUT2D eigenvalue weighted by molar-refractivity contribution is 5.92. The minimum atomic E-state index is -0.496. The Morgan fingerprint density at radius 2 is 1.77 bits per heavy atom. The predicted octanol–water partition coefficient (Wildman–Crippen LogP) is 5.08. The lowest BCUT2D eigenvalue weighted by Crippen LogP contribution is -2.20. The van der Waals surface area contributed by atoms with E-state index in [1.54, 1.807) is 55.7 Å². The van der Waals surface area contributed by atoms with E-state index in [4.69, 9.17) is 14.2 Å². The van der Waals surface area contributed by atoms with Crippen molar-refractivity contribution >= 4 is 28.9 Å². The quantitative estimate of drug-likeness (QED) is 0.188. The Morgan fingerprint density at radius 3 is 2.37 bits per heavy atom. The number of amides is 1. The second-order valence-corrected chi connectivity index (χ2v) is 7.18. The summed E-state index contributed by atoms with van der Waals surface area (Å²) in [6.07, 6.45) is 1.64. The van der Waals surface area contributed by atoms with Crippen LogP contribution in [0.5, 0.6) is 17.2 Å². The van der Waals surface area contributed by atoms with Crippen LogP contribution >= 0.6 is 0 Å². The van der Waals surface area contributed by atoms with E-state index in [1.165, 1.54) is 24.3 Å². The van der Waals surface area contributed by atoms with Crippen molar-refractivity contribution in [2.75, 3.05) is 25.6 Å². The van der Waals surface area contributed by atoms with Crippen LogP contribution in [0.4, 0.5) is 11.4 Å². The SMILES string of the molecule is CCOc1cc(/C=C(\C#N)c2ccc([N+](=O)[O-])cc2)ccc1OCC(=O)Nc1ccc(OC)cc1. The highest BCUT2D eigenvalue weighted by Gasteiger charge is 2.11. The van der Waals surface area contributed by atoms with Gasteiger partial charge in [0, 0.05) is 17.8 Å². The third kappa shape index (κ3) is 6.82. The molecule has 9 nitrogen and oxygen atoms in total. The number of nitriles is 1. The maximum atomic E-state index is 12.3. The molecule has 178 valence electrons. The van der Waals surface area contributed by atoms with Crippen LogP contribution in [-0.4, -0.2) is 31.2 Å². The van der Waals surface area contributed by atoms with Crippen LogP contribution in [0, 0.1) is 21.4 Å². The lowest BCUT2D eigenvalue weighted by molar-refractivity contribution is -0.384. The van der Waals surface area contributed by atoms with Crippen molar-refractivity contribution in [1.82, 2.24) is 0 Å². The number of carbonyl (C=O) groups is 1. The molecule has 0 unspecified atom stereocenters. The molecule has 35 heavy (non-hydrogen) atoms. The standard InChI is InChI=1S/C26H23N3O6/c1-3-34-25-15-18(14-20(16-27)19-5-9-22(10-6-19)29(31)32)4-13-24(25)35-17-26(30)28-21-7-11-23(33-2)12-8-21/h4-15H,3,17H2,1-2H3,(H,28,30)/b20-14+. The maximum Gasteiger partial charge on any atom is 0.269 e. The number of nitrogens with zero attached hydrogens (tertiary/aromatic N) is 2. The molecule has 9 heteroatoms. The number of nitrogens with one attached hydrogen (secondary N) is 1. The monoisotopic (exact) mass is 473 g/mol. The molecule has 3 rings (SSSR count). The normalized spacial score (nSPS) is 10.7. The molecule has 0 atom stereocenters. The number of benzene rings is 3. The molecule has 0 saturated carbocycles. The zero-order valence-electron chi connectivity index (χ0n) is 19.2. The number of methoxy groups -OCH3 is 1. The van der Waals surface area contributed by atoms with Gasteiger partial charge in [0.05, 0.1) is 30.3 Å². The number of nitro groups is 1. The van der Waals surface area contributed by atoms with Gasteiger partial charge in [-0.3, -0.25) is 14.9 Å². The van der Waals surface area contributed by atoms with Gasteiger partial charge in [-0.05, 0) is 72.7 Å². The molecule has 0 aliphatic heterocycles. The number of hydrogen-bond donors (Lipinski definition) is 1. The molecule has 0 spiro atoms. The van der Waals surface area contributed by atoms with Gasteiger partial charge in [0.2, 0.25) is 0 Å². The van der Waals surface area contributed by atoms with E-state index in [9.17, 15) is 20.2 Å². The highest BCUT2D eigenvalue weighted by atomic mass is 16.6. The molecule has 0 aromatic heterocycles. The number of allylic oxidation sites excluding steroid dienone is 1. The average Bonchev–Trinajstić information content (AvgIpc) is 2.87. The second-order valence-electron chi connectivity index (χ2n) is 7.18. The summed E-state index contributed by atoms with van der Waals surface area (Å²) in [7, 11) is 1.56. The molecular formula is C26H23N3O6. The molecule has 0 saturated heterocycles. The van der Waals surface area contributed by atoms with Crippen molar-refractivity contribution in [2.45, 2.75) is 6.92 Å². The zero-order valence-corrected chi connectivity index (χ0v) is 19.2. The molecule has 1 amide bonds. The topological polar surface area (TPSA) is 124 Å². The van der Waals surface area contributed by atoms with Gasteiger partial charge in [-0.2, -0.15) is 5.26 Å². The summed E-state index contributed by atoms with van der Waals surface area (Å²) in [5, 5.41) is 23.2. The van der Waals surface area contributed by atoms with Crippen molar-refractivity contribution in [3.05, 3.63) is 88.0 Å². The van der Waals surface area contributed by atoms with Crippen LogP contribution in [0.15, 0.2) is 66.7 Å². The number of ether oxygens (including phenoxy) is 3. The van der Waals surface area contributed by atoms with Gasteiger partial charge in [-0.25, -0.2) is 0 Å². The molecule has 0 heterocycles. The number of nitro benzene ring substituents is 1. The molecule has 0 radical (unpaired) electrons. The number of non-ortho nitro benzene ring substituents is 1. The fourth-order valence-electron chi connectivity index (χ4n) is 3.13. The molecule has 0 aliphatic rings. The number of anilines is 1. The maximum absolute atomic E-state index is 12.3. The van der Waals surface area contributed by atoms with Gasteiger partial charge in [-0.15, -0.1) is 0 Å². The minimum absolute atomic E-state index is 0.0535. The fourth-order valence-corrected chi connectivity index (χ4v) is 3.13. The summed E-state index contributed by atoms with van der Waals surface area (Å²) in [6, 6.07) is 19.9. The van der Waals surface area contributed by atoms with Crippen LogP contribution in [0.1, 0.15) is 18.1 Å². The van der Waals surface area contributed by atoms with Crippen molar-refractivity contribution in [3.8, 4) is 23.3 Å². The minimum Gasteiger partial charge on any atom is -0.497 e. The van der Waals surface area contributed by atoms with E-state index in [1.807, 2.05) is 6.92 Å². The average molecular weight is 473 g/mol. The molecular weight excluding hydrogens is 450 g/mol. The fraction of sp³-hybridized carbons (Fsp3) is 0.154. The van der Waals surface area contributed by atoms with Gasteiger partial charge in [0.15, 0.2) is 18.1 Å². The van der Waals surface area contributed by atoms with Crippen molar-refractivity contribution in [3.63, 3.8) is 0 Å². The largest absolute Gasteiger partial charge is 0.497 e. The van der Waals surface area contributed by atoms with Crippen LogP contribution in [0.3, 0.4) is 0 Å². The predicted molar refractivity (Wildman–Crippen MR) is 131 cm³/mol. The van der Waals surface area contributed by atoms with Crippen LogP contribution in [0.2, 0.25) is 0 Å². The first-order chi connectivity index (χ1) is 16.9. The Labute approximate surface area is 202 Å². The first-order valence-corrected chi connectivity index (χ1v) is 10.6. The van der Waals surface area contributed by atoms with Crippen LogP contribution < -0.4 is 19.5 Å². The Bertz CT molecular complexity index is 1260. The summed E-state index contributed by atoms with van der Waals surface area (Å²) in [5.41, 5.74) is 2.10. The van der Waals surface area contributed by atoms with Crippen molar-refractivity contribution in [2.24, 2.45) is 0 Å². The van der Waals surface area contributed by atoms with Crippen LogP contribution in [-0.2, 0) is 4.79 Å². The Kier molecular flexibility index (Phi) is 8.40. The Hall–Kier alpha value is -4.84. The number of rotatable bonds is 10. The smallest absolute Gasteiger partial charge is 0.269 e. The summed E-state index contributed by atoms with van der Waals surface area (Å²) in [5.74, 6) is 1.14. The summed E-state index contributed by atoms with van der Waals surface area (Å²) in [6.45, 7) is 1.96. The zero-order chi connectivity index (χ0) is 25.2. The first-order valence-electron chi connectivity index (χ1n) is 10.6. The molecule has 3 aromatic carbocycles. The van der Waals surface area contributed by atoms with E-state index in [0.29, 0.717) is 46.2 Å². The molecule has 1 N–H and O–H groups in total. The number of hydrogen-bond acceptors (Lipinski definition) is 7. The highest BCUT2D eigenvalue weighted by Crippen LogP contribution is 2.30. The van der Waals surface area contributed by atoms with E-state index < -0.39 is 4.92 Å². The second kappa shape index (κ2) is 11.9. The van der Waals surface area contributed by atoms with Gasteiger partial charge in [0.25, 0.3) is 11.6 Å². The van der Waals surface area contributed by atoms with Crippen LogP contribution in [0.25, 0.3) is 11.6 Å². The van der Waals surface area contributed by atoms with E-state index in [0.717, 1.165) is 0 Å². The van der Waals surface area contributed by atoms with E-state index >= 15 is 0 Å².